The summed E-state index contributed by atoms with van der Waals surface area (Å²) in [7, 11) is 0. The first kappa shape index (κ1) is 15.0. The van der Waals surface area contributed by atoms with Gasteiger partial charge < -0.3 is 5.11 Å². The van der Waals surface area contributed by atoms with Gasteiger partial charge in [0.1, 0.15) is 0 Å². The summed E-state index contributed by atoms with van der Waals surface area (Å²) in [5, 5.41) is 8.94. The lowest BCUT2D eigenvalue weighted by atomic mass is 9.89. The van der Waals surface area contributed by atoms with E-state index in [9.17, 15) is 4.79 Å². The number of carboxylic acid groups (broad SMARTS) is 1. The Labute approximate surface area is 111 Å². The van der Waals surface area contributed by atoms with Gasteiger partial charge in [-0.05, 0) is 31.1 Å². The molecule has 0 aromatic heterocycles. The van der Waals surface area contributed by atoms with Crippen molar-refractivity contribution < 1.29 is 9.90 Å². The quantitative estimate of drug-likeness (QED) is 0.603. The zero-order valence-electron chi connectivity index (χ0n) is 11.6. The average Bonchev–Trinajstić information content (AvgIpc) is 2.53. The van der Waals surface area contributed by atoms with Crippen molar-refractivity contribution in [1.82, 2.24) is 4.90 Å². The van der Waals surface area contributed by atoms with E-state index in [4.69, 9.17) is 11.5 Å². The number of nitrogens with zero attached hydrogens (tertiary/aromatic N) is 1. The maximum atomic E-state index is 10.9. The summed E-state index contributed by atoms with van der Waals surface area (Å²) in [6.45, 7) is 5.08. The number of rotatable bonds is 5. The lowest BCUT2D eigenvalue weighted by molar-refractivity contribution is -0.138. The molecule has 0 heterocycles. The van der Waals surface area contributed by atoms with Crippen molar-refractivity contribution in [2.24, 2.45) is 11.8 Å². The molecule has 1 saturated carbocycles. The van der Waals surface area contributed by atoms with Crippen LogP contribution in [0.4, 0.5) is 0 Å². The minimum absolute atomic E-state index is 0.0706. The minimum atomic E-state index is -0.782. The Morgan fingerprint density at radius 3 is 2.67 bits per heavy atom. The van der Waals surface area contributed by atoms with Crippen molar-refractivity contribution in [3.63, 3.8) is 0 Å². The van der Waals surface area contributed by atoms with Crippen molar-refractivity contribution in [2.75, 3.05) is 13.1 Å². The van der Waals surface area contributed by atoms with E-state index in [0.717, 1.165) is 24.7 Å². The molecule has 1 aliphatic carbocycles. The van der Waals surface area contributed by atoms with E-state index in [1.165, 1.54) is 19.3 Å². The Bertz CT molecular complexity index is 306. The molecule has 0 aromatic rings. The van der Waals surface area contributed by atoms with Crippen molar-refractivity contribution in [3.05, 3.63) is 0 Å². The number of carboxylic acids is 1. The van der Waals surface area contributed by atoms with Crippen LogP contribution in [0.3, 0.4) is 0 Å². The van der Waals surface area contributed by atoms with Crippen molar-refractivity contribution in [1.29, 1.82) is 0 Å². The molecular formula is C15H25NO2. The van der Waals surface area contributed by atoms with Gasteiger partial charge in [0.15, 0.2) is 0 Å². The van der Waals surface area contributed by atoms with Gasteiger partial charge in [-0.25, -0.2) is 0 Å². The predicted molar refractivity (Wildman–Crippen MR) is 73.2 cm³/mol. The lowest BCUT2D eigenvalue weighted by Gasteiger charge is -2.28. The van der Waals surface area contributed by atoms with E-state index in [2.05, 4.69) is 19.8 Å². The van der Waals surface area contributed by atoms with Crippen LogP contribution in [-0.4, -0.2) is 35.1 Å². The molecule has 0 saturated heterocycles. The van der Waals surface area contributed by atoms with Crippen LogP contribution in [0.15, 0.2) is 0 Å². The summed E-state index contributed by atoms with van der Waals surface area (Å²) in [5.41, 5.74) is 0. The minimum Gasteiger partial charge on any atom is -0.480 e. The second-order valence-electron chi connectivity index (χ2n) is 5.67. The molecule has 102 valence electrons. The Morgan fingerprint density at radius 2 is 2.11 bits per heavy atom. The molecule has 3 heteroatoms. The third-order valence-electron chi connectivity index (χ3n) is 4.07. The third-order valence-corrected chi connectivity index (χ3v) is 4.07. The highest BCUT2D eigenvalue weighted by Crippen LogP contribution is 2.30. The Balaban J connectivity index is 2.58. The molecule has 3 nitrogen and oxygen atoms in total. The van der Waals surface area contributed by atoms with Crippen LogP contribution < -0.4 is 0 Å². The van der Waals surface area contributed by atoms with E-state index in [0.29, 0.717) is 12.6 Å². The molecule has 0 amide bonds. The standard InChI is InChI=1S/C15H25NO2/c1-4-10-16(11-15(17)18)14-7-5-6-13(8-9-14)12(2)3/h1,12-14H,5-11H2,2-3H3,(H,17,18). The zero-order chi connectivity index (χ0) is 13.5. The monoisotopic (exact) mass is 251 g/mol. The van der Waals surface area contributed by atoms with Gasteiger partial charge in [-0.3, -0.25) is 9.69 Å². The molecule has 2 unspecified atom stereocenters. The Kier molecular flexibility index (Phi) is 6.21. The van der Waals surface area contributed by atoms with Crippen LogP contribution in [0, 0.1) is 24.2 Å². The van der Waals surface area contributed by atoms with Gasteiger partial charge in [-0.2, -0.15) is 0 Å². The Morgan fingerprint density at radius 1 is 1.39 bits per heavy atom. The molecule has 1 aliphatic rings. The molecule has 0 aromatic carbocycles. The van der Waals surface area contributed by atoms with E-state index >= 15 is 0 Å². The molecule has 0 radical (unpaired) electrons. The summed E-state index contributed by atoms with van der Waals surface area (Å²) in [5.74, 6) is 3.32. The van der Waals surface area contributed by atoms with E-state index in [1.807, 2.05) is 4.90 Å². The van der Waals surface area contributed by atoms with Gasteiger partial charge >= 0.3 is 5.97 Å². The maximum absolute atomic E-state index is 10.9. The second kappa shape index (κ2) is 7.43. The van der Waals surface area contributed by atoms with Crippen LogP contribution >= 0.6 is 0 Å². The fraction of sp³-hybridized carbons (Fsp3) is 0.800. The smallest absolute Gasteiger partial charge is 0.317 e. The van der Waals surface area contributed by atoms with Crippen LogP contribution in [0.5, 0.6) is 0 Å². The van der Waals surface area contributed by atoms with Crippen LogP contribution in [0.1, 0.15) is 46.0 Å². The molecule has 18 heavy (non-hydrogen) atoms. The molecule has 0 spiro atoms. The van der Waals surface area contributed by atoms with E-state index in [1.54, 1.807) is 0 Å². The van der Waals surface area contributed by atoms with Gasteiger partial charge in [-0.1, -0.05) is 32.6 Å². The summed E-state index contributed by atoms with van der Waals surface area (Å²) in [4.78, 5) is 12.8. The van der Waals surface area contributed by atoms with Crippen molar-refractivity contribution in [3.8, 4) is 12.3 Å². The number of terminal acetylenes is 1. The van der Waals surface area contributed by atoms with Gasteiger partial charge in [0, 0.05) is 6.04 Å². The molecule has 1 fully saturated rings. The van der Waals surface area contributed by atoms with Crippen LogP contribution in [0.2, 0.25) is 0 Å². The summed E-state index contributed by atoms with van der Waals surface area (Å²) < 4.78 is 0. The van der Waals surface area contributed by atoms with Crippen molar-refractivity contribution in [2.45, 2.75) is 52.0 Å². The first-order valence-corrected chi connectivity index (χ1v) is 6.94. The predicted octanol–water partition coefficient (Wildman–Crippen LogP) is 2.61. The number of aliphatic carboxylic acids is 1. The summed E-state index contributed by atoms with van der Waals surface area (Å²) in [6.07, 6.45) is 11.2. The normalized spacial score (nSPS) is 24.8. The molecule has 0 aliphatic heterocycles. The fourth-order valence-electron chi connectivity index (χ4n) is 2.95. The van der Waals surface area contributed by atoms with Crippen LogP contribution in [-0.2, 0) is 4.79 Å². The van der Waals surface area contributed by atoms with Gasteiger partial charge in [0.25, 0.3) is 0 Å². The first-order chi connectivity index (χ1) is 8.54. The van der Waals surface area contributed by atoms with Crippen molar-refractivity contribution >= 4 is 5.97 Å². The fourth-order valence-corrected chi connectivity index (χ4v) is 2.95. The molecular weight excluding hydrogens is 226 g/mol. The number of hydrogen-bond acceptors (Lipinski definition) is 2. The molecule has 0 bridgehead atoms. The average molecular weight is 251 g/mol. The highest BCUT2D eigenvalue weighted by Gasteiger charge is 2.25. The highest BCUT2D eigenvalue weighted by atomic mass is 16.4. The van der Waals surface area contributed by atoms with Gasteiger partial charge in [-0.15, -0.1) is 6.42 Å². The van der Waals surface area contributed by atoms with E-state index < -0.39 is 5.97 Å². The van der Waals surface area contributed by atoms with Crippen LogP contribution in [0.25, 0.3) is 0 Å². The largest absolute Gasteiger partial charge is 0.480 e. The van der Waals surface area contributed by atoms with Gasteiger partial charge in [0.2, 0.25) is 0 Å². The number of carbonyl (C=O) groups is 1. The molecule has 1 rings (SSSR count). The van der Waals surface area contributed by atoms with E-state index in [-0.39, 0.29) is 6.54 Å². The maximum Gasteiger partial charge on any atom is 0.317 e. The highest BCUT2D eigenvalue weighted by molar-refractivity contribution is 5.69. The third kappa shape index (κ3) is 4.70. The SMILES string of the molecule is C#CCN(CC(=O)O)C1CCCC(C(C)C)CC1. The Hall–Kier alpha value is -1.01. The van der Waals surface area contributed by atoms with Gasteiger partial charge in [0.05, 0.1) is 13.1 Å². The zero-order valence-corrected chi connectivity index (χ0v) is 11.6. The first-order valence-electron chi connectivity index (χ1n) is 6.94. The summed E-state index contributed by atoms with van der Waals surface area (Å²) in [6, 6.07) is 0.348. The summed E-state index contributed by atoms with van der Waals surface area (Å²) >= 11 is 0. The number of hydrogen-bond donors (Lipinski definition) is 1. The lowest BCUT2D eigenvalue weighted by Crippen LogP contribution is -2.39. The molecule has 2 atom stereocenters. The molecule has 1 N–H and O–H groups in total. The topological polar surface area (TPSA) is 40.5 Å². The second-order valence-corrected chi connectivity index (χ2v) is 5.67.